The normalized spacial score (nSPS) is 12.4. The Labute approximate surface area is 119 Å². The van der Waals surface area contributed by atoms with Crippen LogP contribution in [0.15, 0.2) is 41.2 Å². The molecule has 1 heterocycles. The van der Waals surface area contributed by atoms with Gasteiger partial charge < -0.3 is 14.6 Å². The number of hydrogen-bond donors (Lipinski definition) is 1. The van der Waals surface area contributed by atoms with Crippen LogP contribution in [0.5, 0.6) is 0 Å². The lowest BCUT2D eigenvalue weighted by Crippen LogP contribution is -2.17. The Kier molecular flexibility index (Phi) is 4.51. The van der Waals surface area contributed by atoms with Crippen LogP contribution in [0.25, 0.3) is 0 Å². The topological polar surface area (TPSA) is 28.4 Å². The van der Waals surface area contributed by atoms with E-state index >= 15 is 0 Å². The summed E-state index contributed by atoms with van der Waals surface area (Å²) in [7, 11) is 3.97. The molecule has 0 spiro atoms. The van der Waals surface area contributed by atoms with E-state index in [4.69, 9.17) is 16.0 Å². The molecule has 0 saturated carbocycles. The number of nitrogens with zero attached hydrogens (tertiary/aromatic N) is 1. The Morgan fingerprint density at radius 3 is 2.74 bits per heavy atom. The number of benzene rings is 1. The predicted octanol–water partition coefficient (Wildman–Crippen LogP) is 3.85. The van der Waals surface area contributed by atoms with Gasteiger partial charge in [0.05, 0.1) is 23.2 Å². The third-order valence-electron chi connectivity index (χ3n) is 3.32. The van der Waals surface area contributed by atoms with Gasteiger partial charge in [-0.2, -0.15) is 0 Å². The van der Waals surface area contributed by atoms with E-state index < -0.39 is 0 Å². The van der Waals surface area contributed by atoms with Crippen LogP contribution in [0.1, 0.15) is 24.1 Å². The molecular weight excluding hydrogens is 260 g/mol. The molecule has 1 aromatic heterocycles. The first-order chi connectivity index (χ1) is 9.11. The second-order valence-corrected chi connectivity index (χ2v) is 5.12. The fourth-order valence-electron chi connectivity index (χ4n) is 2.01. The molecule has 0 aliphatic heterocycles. The highest BCUT2D eigenvalue weighted by Gasteiger charge is 2.10. The average Bonchev–Trinajstić information content (AvgIpc) is 2.90. The Morgan fingerprint density at radius 2 is 2.16 bits per heavy atom. The highest BCUT2D eigenvalue weighted by atomic mass is 35.5. The summed E-state index contributed by atoms with van der Waals surface area (Å²) in [5, 5.41) is 3.98. The van der Waals surface area contributed by atoms with Gasteiger partial charge in [-0.15, -0.1) is 0 Å². The average molecular weight is 279 g/mol. The van der Waals surface area contributed by atoms with Crippen molar-refractivity contribution >= 4 is 17.3 Å². The van der Waals surface area contributed by atoms with Crippen LogP contribution < -0.4 is 10.2 Å². The summed E-state index contributed by atoms with van der Waals surface area (Å²) < 4.78 is 5.08. The summed E-state index contributed by atoms with van der Waals surface area (Å²) in [4.78, 5) is 2.11. The van der Waals surface area contributed by atoms with Crippen LogP contribution in [0.2, 0.25) is 5.02 Å². The predicted molar refractivity (Wildman–Crippen MR) is 79.7 cm³/mol. The highest BCUT2D eigenvalue weighted by molar-refractivity contribution is 6.33. The smallest absolute Gasteiger partial charge is 0.0952 e. The maximum Gasteiger partial charge on any atom is 0.0952 e. The molecule has 0 aliphatic carbocycles. The molecule has 0 bridgehead atoms. The maximum atomic E-state index is 6.37. The fraction of sp³-hybridized carbons (Fsp3) is 0.333. The molecule has 19 heavy (non-hydrogen) atoms. The van der Waals surface area contributed by atoms with Crippen LogP contribution in [-0.4, -0.2) is 14.1 Å². The summed E-state index contributed by atoms with van der Waals surface area (Å²) in [5.41, 5.74) is 3.34. The molecular formula is C15H19ClN2O. The number of hydrogen-bond acceptors (Lipinski definition) is 3. The van der Waals surface area contributed by atoms with E-state index in [1.165, 1.54) is 5.56 Å². The molecule has 1 aromatic carbocycles. The van der Waals surface area contributed by atoms with Crippen molar-refractivity contribution in [1.29, 1.82) is 0 Å². The quantitative estimate of drug-likeness (QED) is 0.900. The fourth-order valence-corrected chi connectivity index (χ4v) is 2.34. The van der Waals surface area contributed by atoms with Crippen molar-refractivity contribution in [2.24, 2.45) is 0 Å². The van der Waals surface area contributed by atoms with Gasteiger partial charge in [-0.3, -0.25) is 0 Å². The Bertz CT molecular complexity index is 525. The van der Waals surface area contributed by atoms with Crippen molar-refractivity contribution < 1.29 is 4.42 Å². The van der Waals surface area contributed by atoms with E-state index in [0.29, 0.717) is 6.04 Å². The summed E-state index contributed by atoms with van der Waals surface area (Å²) in [5.74, 6) is 0. The second kappa shape index (κ2) is 6.13. The van der Waals surface area contributed by atoms with Gasteiger partial charge in [-0.1, -0.05) is 17.7 Å². The number of halogens is 1. The molecule has 0 radical (unpaired) electrons. The largest absolute Gasteiger partial charge is 0.472 e. The third kappa shape index (κ3) is 3.31. The molecule has 1 unspecified atom stereocenters. The number of furan rings is 1. The van der Waals surface area contributed by atoms with Crippen molar-refractivity contribution in [2.75, 3.05) is 19.0 Å². The van der Waals surface area contributed by atoms with Gasteiger partial charge in [0, 0.05) is 25.2 Å². The number of anilines is 1. The van der Waals surface area contributed by atoms with E-state index in [1.54, 1.807) is 12.5 Å². The van der Waals surface area contributed by atoms with Crippen molar-refractivity contribution in [1.82, 2.24) is 5.32 Å². The Morgan fingerprint density at radius 1 is 1.37 bits per heavy atom. The highest BCUT2D eigenvalue weighted by Crippen LogP contribution is 2.29. The van der Waals surface area contributed by atoms with Crippen molar-refractivity contribution in [2.45, 2.75) is 19.5 Å². The molecule has 1 N–H and O–H groups in total. The molecule has 102 valence electrons. The first-order valence-electron chi connectivity index (χ1n) is 6.30. The van der Waals surface area contributed by atoms with E-state index in [1.807, 2.05) is 26.2 Å². The van der Waals surface area contributed by atoms with E-state index in [9.17, 15) is 0 Å². The van der Waals surface area contributed by atoms with Crippen LogP contribution >= 0.6 is 11.6 Å². The van der Waals surface area contributed by atoms with Crippen LogP contribution in [-0.2, 0) is 6.54 Å². The van der Waals surface area contributed by atoms with Gasteiger partial charge in [0.2, 0.25) is 0 Å². The summed E-state index contributed by atoms with van der Waals surface area (Å²) in [6.07, 6.45) is 3.43. The third-order valence-corrected chi connectivity index (χ3v) is 3.62. The first-order valence-corrected chi connectivity index (χ1v) is 6.68. The van der Waals surface area contributed by atoms with Gasteiger partial charge >= 0.3 is 0 Å². The van der Waals surface area contributed by atoms with Crippen LogP contribution in [0.3, 0.4) is 0 Å². The SMILES string of the molecule is CNC(C)c1ccc(N(C)Cc2ccoc2)c(Cl)c1. The molecule has 0 amide bonds. The van der Waals surface area contributed by atoms with Gasteiger partial charge in [-0.05, 0) is 37.7 Å². The Hall–Kier alpha value is -1.45. The van der Waals surface area contributed by atoms with E-state index in [-0.39, 0.29) is 0 Å². The molecule has 2 rings (SSSR count). The standard InChI is InChI=1S/C15H19ClN2O/c1-11(17-2)13-4-5-15(14(16)8-13)18(3)9-12-6-7-19-10-12/h4-8,10-11,17H,9H2,1-3H3. The Balaban J connectivity index is 2.16. The number of rotatable bonds is 5. The monoisotopic (exact) mass is 278 g/mol. The number of nitrogens with one attached hydrogen (secondary N) is 1. The minimum Gasteiger partial charge on any atom is -0.472 e. The second-order valence-electron chi connectivity index (χ2n) is 4.71. The summed E-state index contributed by atoms with van der Waals surface area (Å²) in [6.45, 7) is 2.89. The van der Waals surface area contributed by atoms with Crippen molar-refractivity contribution in [3.05, 3.63) is 52.9 Å². The summed E-state index contributed by atoms with van der Waals surface area (Å²) >= 11 is 6.37. The molecule has 0 fully saturated rings. The van der Waals surface area contributed by atoms with E-state index in [0.717, 1.165) is 22.8 Å². The molecule has 1 atom stereocenters. The zero-order valence-corrected chi connectivity index (χ0v) is 12.2. The minimum absolute atomic E-state index is 0.297. The van der Waals surface area contributed by atoms with Crippen LogP contribution in [0, 0.1) is 0 Å². The lowest BCUT2D eigenvalue weighted by molar-refractivity contribution is 0.563. The first kappa shape index (κ1) is 14.0. The van der Waals surface area contributed by atoms with E-state index in [2.05, 4.69) is 29.3 Å². The summed E-state index contributed by atoms with van der Waals surface area (Å²) in [6, 6.07) is 8.44. The van der Waals surface area contributed by atoms with Gasteiger partial charge in [0.25, 0.3) is 0 Å². The minimum atomic E-state index is 0.297. The molecule has 0 saturated heterocycles. The van der Waals surface area contributed by atoms with Gasteiger partial charge in [0.15, 0.2) is 0 Å². The lowest BCUT2D eigenvalue weighted by Gasteiger charge is -2.21. The molecule has 0 aliphatic rings. The van der Waals surface area contributed by atoms with Crippen LogP contribution in [0.4, 0.5) is 5.69 Å². The van der Waals surface area contributed by atoms with Crippen molar-refractivity contribution in [3.63, 3.8) is 0 Å². The lowest BCUT2D eigenvalue weighted by atomic mass is 10.1. The molecule has 4 heteroatoms. The zero-order chi connectivity index (χ0) is 13.8. The molecule has 2 aromatic rings. The maximum absolute atomic E-state index is 6.37. The van der Waals surface area contributed by atoms with Crippen molar-refractivity contribution in [3.8, 4) is 0 Å². The zero-order valence-electron chi connectivity index (χ0n) is 11.5. The van der Waals surface area contributed by atoms with Gasteiger partial charge in [-0.25, -0.2) is 0 Å². The molecule has 3 nitrogen and oxygen atoms in total. The van der Waals surface area contributed by atoms with Gasteiger partial charge in [0.1, 0.15) is 0 Å².